The van der Waals surface area contributed by atoms with Crippen LogP contribution in [0.15, 0.2) is 27.4 Å². The standard InChI is InChI=1S/C15H17N5O2S/c1-10-16-14(23-18-10)20-7-5-19(6-8-20)9-11-3-2-4-12-13(11)22-15(21)17-12/h2-4H,5-9H2,1H3,(H,17,21). The van der Waals surface area contributed by atoms with Crippen molar-refractivity contribution in [2.45, 2.75) is 13.5 Å². The molecule has 0 saturated carbocycles. The molecular formula is C15H17N5O2S. The van der Waals surface area contributed by atoms with Crippen LogP contribution >= 0.6 is 11.5 Å². The van der Waals surface area contributed by atoms with E-state index in [9.17, 15) is 4.79 Å². The predicted octanol–water partition coefficient (Wildman–Crippen LogP) is 1.60. The topological polar surface area (TPSA) is 78.3 Å². The fourth-order valence-corrected chi connectivity index (χ4v) is 3.63. The second-order valence-electron chi connectivity index (χ2n) is 5.70. The van der Waals surface area contributed by atoms with E-state index in [0.29, 0.717) is 5.58 Å². The first-order valence-corrected chi connectivity index (χ1v) is 8.35. The Kier molecular flexibility index (Phi) is 3.62. The first kappa shape index (κ1) is 14.4. The van der Waals surface area contributed by atoms with E-state index >= 15 is 0 Å². The second-order valence-corrected chi connectivity index (χ2v) is 6.43. The molecule has 0 unspecified atom stereocenters. The maximum atomic E-state index is 11.4. The van der Waals surface area contributed by atoms with Gasteiger partial charge in [-0.2, -0.15) is 4.37 Å². The average molecular weight is 331 g/mol. The molecule has 3 heterocycles. The number of benzene rings is 1. The molecule has 1 aromatic carbocycles. The molecule has 1 aliphatic heterocycles. The van der Waals surface area contributed by atoms with Crippen molar-refractivity contribution in [1.29, 1.82) is 0 Å². The van der Waals surface area contributed by atoms with Crippen LogP contribution in [0.4, 0.5) is 5.13 Å². The van der Waals surface area contributed by atoms with Crippen molar-refractivity contribution < 1.29 is 4.42 Å². The van der Waals surface area contributed by atoms with Crippen LogP contribution in [-0.2, 0) is 6.54 Å². The van der Waals surface area contributed by atoms with Crippen LogP contribution < -0.4 is 10.7 Å². The zero-order chi connectivity index (χ0) is 15.8. The lowest BCUT2D eigenvalue weighted by Crippen LogP contribution is -2.45. The molecule has 0 spiro atoms. The van der Waals surface area contributed by atoms with Crippen molar-refractivity contribution in [3.05, 3.63) is 40.1 Å². The highest BCUT2D eigenvalue weighted by Crippen LogP contribution is 2.21. The monoisotopic (exact) mass is 331 g/mol. The summed E-state index contributed by atoms with van der Waals surface area (Å²) in [5, 5.41) is 1.00. The zero-order valence-corrected chi connectivity index (χ0v) is 13.6. The van der Waals surface area contributed by atoms with E-state index in [0.717, 1.165) is 54.8 Å². The summed E-state index contributed by atoms with van der Waals surface area (Å²) in [4.78, 5) is 23.2. The highest BCUT2D eigenvalue weighted by molar-refractivity contribution is 7.09. The molecule has 23 heavy (non-hydrogen) atoms. The van der Waals surface area contributed by atoms with Crippen molar-refractivity contribution in [1.82, 2.24) is 19.2 Å². The number of oxazole rings is 1. The highest BCUT2D eigenvalue weighted by Gasteiger charge is 2.20. The summed E-state index contributed by atoms with van der Waals surface area (Å²) in [6, 6.07) is 5.82. The SMILES string of the molecule is Cc1nsc(N2CCN(Cc3cccc4[nH]c(=O)oc34)CC2)n1. The Balaban J connectivity index is 1.45. The van der Waals surface area contributed by atoms with Crippen molar-refractivity contribution in [2.75, 3.05) is 31.1 Å². The Bertz CT molecular complexity index is 875. The molecule has 3 aromatic rings. The molecular weight excluding hydrogens is 314 g/mol. The minimum Gasteiger partial charge on any atom is -0.408 e. The fraction of sp³-hybridized carbons (Fsp3) is 0.400. The molecule has 8 heteroatoms. The summed E-state index contributed by atoms with van der Waals surface area (Å²) < 4.78 is 9.51. The molecule has 1 aliphatic rings. The molecule has 7 nitrogen and oxygen atoms in total. The summed E-state index contributed by atoms with van der Waals surface area (Å²) >= 11 is 1.46. The third kappa shape index (κ3) is 2.87. The van der Waals surface area contributed by atoms with Gasteiger partial charge in [0.05, 0.1) is 5.52 Å². The number of piperazine rings is 1. The summed E-state index contributed by atoms with van der Waals surface area (Å²) in [6.07, 6.45) is 0. The number of hydrogen-bond acceptors (Lipinski definition) is 7. The van der Waals surface area contributed by atoms with Crippen LogP contribution in [0.3, 0.4) is 0 Å². The normalized spacial score (nSPS) is 16.3. The van der Waals surface area contributed by atoms with E-state index < -0.39 is 5.76 Å². The lowest BCUT2D eigenvalue weighted by molar-refractivity contribution is 0.249. The van der Waals surface area contributed by atoms with E-state index in [4.69, 9.17) is 4.42 Å². The van der Waals surface area contributed by atoms with Crippen molar-refractivity contribution in [2.24, 2.45) is 0 Å². The molecule has 1 fully saturated rings. The van der Waals surface area contributed by atoms with Crippen molar-refractivity contribution in [3.8, 4) is 0 Å². The smallest absolute Gasteiger partial charge is 0.408 e. The Morgan fingerprint density at radius 1 is 1.30 bits per heavy atom. The molecule has 0 bridgehead atoms. The quantitative estimate of drug-likeness (QED) is 0.785. The molecule has 120 valence electrons. The third-order valence-electron chi connectivity index (χ3n) is 4.08. The van der Waals surface area contributed by atoms with Crippen LogP contribution in [0.1, 0.15) is 11.4 Å². The average Bonchev–Trinajstić information content (AvgIpc) is 3.14. The van der Waals surface area contributed by atoms with Gasteiger partial charge in [-0.1, -0.05) is 12.1 Å². The minimum absolute atomic E-state index is 0.399. The molecule has 0 amide bonds. The van der Waals surface area contributed by atoms with Gasteiger partial charge in [-0.05, 0) is 13.0 Å². The number of nitrogens with one attached hydrogen (secondary N) is 1. The molecule has 0 radical (unpaired) electrons. The first-order chi connectivity index (χ1) is 11.2. The second kappa shape index (κ2) is 5.78. The van der Waals surface area contributed by atoms with Gasteiger partial charge in [-0.3, -0.25) is 9.88 Å². The summed E-state index contributed by atoms with van der Waals surface area (Å²) in [5.41, 5.74) is 2.47. The third-order valence-corrected chi connectivity index (χ3v) is 4.95. The van der Waals surface area contributed by atoms with E-state index in [1.54, 1.807) is 0 Å². The van der Waals surface area contributed by atoms with Gasteiger partial charge in [0.25, 0.3) is 0 Å². The van der Waals surface area contributed by atoms with E-state index in [1.165, 1.54) is 11.5 Å². The number of aryl methyl sites for hydroxylation is 1. The van der Waals surface area contributed by atoms with Crippen molar-refractivity contribution >= 4 is 27.8 Å². The Labute approximate surface area is 136 Å². The summed E-state index contributed by atoms with van der Waals surface area (Å²) in [6.45, 7) is 6.46. The molecule has 2 aromatic heterocycles. The van der Waals surface area contributed by atoms with Gasteiger partial charge >= 0.3 is 5.76 Å². The largest absolute Gasteiger partial charge is 0.417 e. The Morgan fingerprint density at radius 2 is 2.13 bits per heavy atom. The van der Waals surface area contributed by atoms with Gasteiger partial charge in [0.1, 0.15) is 5.82 Å². The molecule has 1 N–H and O–H groups in total. The van der Waals surface area contributed by atoms with Crippen LogP contribution in [-0.4, -0.2) is 45.4 Å². The van der Waals surface area contributed by atoms with Crippen LogP contribution in [0.5, 0.6) is 0 Å². The van der Waals surface area contributed by atoms with E-state index in [1.807, 2.05) is 25.1 Å². The minimum atomic E-state index is -0.399. The number of H-pyrrole nitrogens is 1. The number of hydrogen-bond donors (Lipinski definition) is 1. The Morgan fingerprint density at radius 3 is 2.87 bits per heavy atom. The number of fused-ring (bicyclic) bond motifs is 1. The lowest BCUT2D eigenvalue weighted by Gasteiger charge is -2.34. The Hall–Kier alpha value is -2.19. The highest BCUT2D eigenvalue weighted by atomic mass is 32.1. The number of aromatic nitrogens is 3. The number of anilines is 1. The number of rotatable bonds is 3. The summed E-state index contributed by atoms with van der Waals surface area (Å²) in [7, 11) is 0. The van der Waals surface area contributed by atoms with Gasteiger partial charge in [-0.25, -0.2) is 9.78 Å². The van der Waals surface area contributed by atoms with E-state index in [-0.39, 0.29) is 0 Å². The lowest BCUT2D eigenvalue weighted by atomic mass is 10.1. The van der Waals surface area contributed by atoms with Gasteiger partial charge in [0.2, 0.25) is 5.13 Å². The zero-order valence-electron chi connectivity index (χ0n) is 12.8. The number of aromatic amines is 1. The van der Waals surface area contributed by atoms with Crippen LogP contribution in [0, 0.1) is 6.92 Å². The van der Waals surface area contributed by atoms with Crippen LogP contribution in [0.2, 0.25) is 0 Å². The number of para-hydroxylation sites is 1. The maximum absolute atomic E-state index is 11.4. The van der Waals surface area contributed by atoms with Crippen molar-refractivity contribution in [3.63, 3.8) is 0 Å². The first-order valence-electron chi connectivity index (χ1n) is 7.57. The number of nitrogens with zero attached hydrogens (tertiary/aromatic N) is 4. The van der Waals surface area contributed by atoms with Crippen LogP contribution in [0.25, 0.3) is 11.1 Å². The molecule has 0 aliphatic carbocycles. The fourth-order valence-electron chi connectivity index (χ4n) is 2.91. The summed E-state index contributed by atoms with van der Waals surface area (Å²) in [5.74, 6) is 0.436. The molecule has 0 atom stereocenters. The molecule has 4 rings (SSSR count). The van der Waals surface area contributed by atoms with Gasteiger partial charge in [0.15, 0.2) is 5.58 Å². The predicted molar refractivity (Wildman–Crippen MR) is 89.0 cm³/mol. The van der Waals surface area contributed by atoms with E-state index in [2.05, 4.69) is 24.1 Å². The van der Waals surface area contributed by atoms with Gasteiger partial charge in [-0.15, -0.1) is 0 Å². The maximum Gasteiger partial charge on any atom is 0.417 e. The molecule has 1 saturated heterocycles. The van der Waals surface area contributed by atoms with Gasteiger partial charge in [0, 0.05) is 49.8 Å². The van der Waals surface area contributed by atoms with Gasteiger partial charge < -0.3 is 9.32 Å².